The lowest BCUT2D eigenvalue weighted by Crippen LogP contribution is -2.50. The zero-order valence-electron chi connectivity index (χ0n) is 12.3. The predicted molar refractivity (Wildman–Crippen MR) is 74.0 cm³/mol. The van der Waals surface area contributed by atoms with Gasteiger partial charge in [0.05, 0.1) is 26.2 Å². The molecule has 0 aromatic heterocycles. The quantitative estimate of drug-likeness (QED) is 0.244. The molecule has 0 aliphatic heterocycles. The van der Waals surface area contributed by atoms with Crippen molar-refractivity contribution in [3.63, 3.8) is 0 Å². The van der Waals surface area contributed by atoms with Gasteiger partial charge in [0.1, 0.15) is 0 Å². The number of hydrogen-bond acceptors (Lipinski definition) is 7. The van der Waals surface area contributed by atoms with Gasteiger partial charge in [-0.1, -0.05) is 0 Å². The molecule has 0 bridgehead atoms. The van der Waals surface area contributed by atoms with Gasteiger partial charge in [0.25, 0.3) is 0 Å². The molecule has 0 radical (unpaired) electrons. The number of aliphatic carboxylic acids is 4. The van der Waals surface area contributed by atoms with Gasteiger partial charge in [0.15, 0.2) is 0 Å². The first-order valence-electron chi connectivity index (χ1n) is 6.60. The van der Waals surface area contributed by atoms with Crippen molar-refractivity contribution in [3.8, 4) is 0 Å². The Balaban J connectivity index is 5.17. The summed E-state index contributed by atoms with van der Waals surface area (Å²) in [5.41, 5.74) is 0. The molecule has 0 aliphatic rings. The van der Waals surface area contributed by atoms with Gasteiger partial charge in [-0.2, -0.15) is 0 Å². The first-order valence-corrected chi connectivity index (χ1v) is 6.60. The molecule has 0 aromatic rings. The second kappa shape index (κ2) is 10.5. The van der Waals surface area contributed by atoms with Gasteiger partial charge in [0, 0.05) is 19.2 Å². The fourth-order valence-electron chi connectivity index (χ4n) is 2.07. The Morgan fingerprint density at radius 3 is 1.43 bits per heavy atom. The number of hydrogen-bond donors (Lipinski definition) is 5. The summed E-state index contributed by atoms with van der Waals surface area (Å²) in [5, 5.41) is 44.3. The number of aliphatic hydroxyl groups is 1. The summed E-state index contributed by atoms with van der Waals surface area (Å²) in [7, 11) is 0. The van der Waals surface area contributed by atoms with E-state index in [9.17, 15) is 19.2 Å². The lowest BCUT2D eigenvalue weighted by atomic mass is 10.1. The Hall–Kier alpha value is -2.24. The topological polar surface area (TPSA) is 176 Å². The van der Waals surface area contributed by atoms with Crippen molar-refractivity contribution >= 4 is 23.9 Å². The van der Waals surface area contributed by atoms with E-state index in [1.165, 1.54) is 0 Å². The highest BCUT2D eigenvalue weighted by molar-refractivity contribution is 5.73. The van der Waals surface area contributed by atoms with Gasteiger partial charge in [-0.25, -0.2) is 0 Å². The van der Waals surface area contributed by atoms with Gasteiger partial charge in [-0.3, -0.25) is 29.0 Å². The number of carbonyl (C=O) groups is 4. The minimum absolute atomic E-state index is 0.0315. The Labute approximate surface area is 131 Å². The molecule has 0 fully saturated rings. The third-order valence-electron chi connectivity index (χ3n) is 2.84. The van der Waals surface area contributed by atoms with Crippen LogP contribution in [0.3, 0.4) is 0 Å². The smallest absolute Gasteiger partial charge is 0.317 e. The molecular weight excluding hydrogens is 316 g/mol. The molecule has 0 saturated carbocycles. The lowest BCUT2D eigenvalue weighted by molar-refractivity contribution is -0.146. The largest absolute Gasteiger partial charge is 0.480 e. The summed E-state index contributed by atoms with van der Waals surface area (Å²) in [5.74, 6) is -5.15. The van der Waals surface area contributed by atoms with Crippen LogP contribution in [0.2, 0.25) is 0 Å². The maximum Gasteiger partial charge on any atom is 0.317 e. The number of aliphatic hydroxyl groups excluding tert-OH is 1. The van der Waals surface area contributed by atoms with Gasteiger partial charge >= 0.3 is 23.9 Å². The molecule has 11 nitrogen and oxygen atoms in total. The number of rotatable bonds is 13. The van der Waals surface area contributed by atoms with Crippen molar-refractivity contribution in [2.45, 2.75) is 12.5 Å². The SMILES string of the molecule is O=C(O)CN(CC(=O)O)CC(CCO)N(CC(=O)O)CC(=O)O. The molecule has 0 saturated heterocycles. The molecule has 1 unspecified atom stereocenters. The highest BCUT2D eigenvalue weighted by Gasteiger charge is 2.26. The van der Waals surface area contributed by atoms with Crippen molar-refractivity contribution in [2.24, 2.45) is 0 Å². The summed E-state index contributed by atoms with van der Waals surface area (Å²) in [6, 6.07) is -0.828. The molecule has 0 heterocycles. The molecule has 132 valence electrons. The number of carboxylic acid groups (broad SMARTS) is 4. The predicted octanol–water partition coefficient (Wildman–Crippen LogP) is -2.32. The average Bonchev–Trinajstić information content (AvgIpc) is 2.34. The minimum Gasteiger partial charge on any atom is -0.480 e. The highest BCUT2D eigenvalue weighted by Crippen LogP contribution is 2.07. The van der Waals surface area contributed by atoms with Crippen LogP contribution in [0.25, 0.3) is 0 Å². The second-order valence-corrected chi connectivity index (χ2v) is 4.82. The van der Waals surface area contributed by atoms with E-state index in [4.69, 9.17) is 25.5 Å². The van der Waals surface area contributed by atoms with Gasteiger partial charge < -0.3 is 25.5 Å². The van der Waals surface area contributed by atoms with Gasteiger partial charge in [0.2, 0.25) is 0 Å². The van der Waals surface area contributed by atoms with E-state index in [-0.39, 0.29) is 13.0 Å². The van der Waals surface area contributed by atoms with Crippen LogP contribution in [0.15, 0.2) is 0 Å². The monoisotopic (exact) mass is 336 g/mol. The first kappa shape index (κ1) is 20.8. The Morgan fingerprint density at radius 2 is 1.13 bits per heavy atom. The maximum atomic E-state index is 10.8. The van der Waals surface area contributed by atoms with Gasteiger partial charge in [-0.15, -0.1) is 0 Å². The van der Waals surface area contributed by atoms with Crippen LogP contribution in [0.1, 0.15) is 6.42 Å². The molecule has 11 heteroatoms. The van der Waals surface area contributed by atoms with Crippen LogP contribution in [-0.2, 0) is 19.2 Å². The summed E-state index contributed by atoms with van der Waals surface area (Å²) >= 11 is 0. The molecule has 0 aliphatic carbocycles. The summed E-state index contributed by atoms with van der Waals surface area (Å²) in [6.07, 6.45) is -0.0315. The molecule has 1 atom stereocenters. The van der Waals surface area contributed by atoms with Crippen molar-refractivity contribution in [1.29, 1.82) is 0 Å². The van der Waals surface area contributed by atoms with Crippen molar-refractivity contribution in [2.75, 3.05) is 39.3 Å². The molecule has 0 spiro atoms. The number of nitrogens with zero attached hydrogens (tertiary/aromatic N) is 2. The van der Waals surface area contributed by atoms with Crippen LogP contribution >= 0.6 is 0 Å². The second-order valence-electron chi connectivity index (χ2n) is 4.82. The van der Waals surface area contributed by atoms with Crippen molar-refractivity contribution in [3.05, 3.63) is 0 Å². The fourth-order valence-corrected chi connectivity index (χ4v) is 2.07. The highest BCUT2D eigenvalue weighted by atomic mass is 16.4. The van der Waals surface area contributed by atoms with E-state index in [1.54, 1.807) is 0 Å². The summed E-state index contributed by atoms with van der Waals surface area (Å²) < 4.78 is 0. The standard InChI is InChI=1S/C12H20N2O9/c15-2-1-8(14(6-11(20)21)7-12(22)23)3-13(4-9(16)17)5-10(18)19/h8,15H,1-7H2,(H,16,17)(H,18,19)(H,20,21)(H,22,23). The third-order valence-corrected chi connectivity index (χ3v) is 2.84. The van der Waals surface area contributed by atoms with Crippen LogP contribution in [0.5, 0.6) is 0 Å². The Kier molecular flexibility index (Phi) is 9.46. The van der Waals surface area contributed by atoms with Crippen molar-refractivity contribution in [1.82, 2.24) is 9.80 Å². The third kappa shape index (κ3) is 10.2. The van der Waals surface area contributed by atoms with Gasteiger partial charge in [-0.05, 0) is 6.42 Å². The fraction of sp³-hybridized carbons (Fsp3) is 0.667. The van der Waals surface area contributed by atoms with Crippen molar-refractivity contribution < 1.29 is 44.7 Å². The molecule has 23 heavy (non-hydrogen) atoms. The molecule has 0 rings (SSSR count). The molecule has 5 N–H and O–H groups in total. The van der Waals surface area contributed by atoms with Crippen LogP contribution in [0, 0.1) is 0 Å². The zero-order chi connectivity index (χ0) is 18.0. The Morgan fingerprint density at radius 1 is 0.739 bits per heavy atom. The normalized spacial score (nSPS) is 12.3. The van der Waals surface area contributed by atoms with Crippen LogP contribution in [0.4, 0.5) is 0 Å². The Bertz CT molecular complexity index is 408. The van der Waals surface area contributed by atoms with Crippen LogP contribution in [-0.4, -0.2) is 105 Å². The summed E-state index contributed by atoms with van der Waals surface area (Å²) in [4.78, 5) is 45.3. The van der Waals surface area contributed by atoms with E-state index in [0.29, 0.717) is 0 Å². The van der Waals surface area contributed by atoms with E-state index in [0.717, 1.165) is 9.80 Å². The van der Waals surface area contributed by atoms with E-state index in [1.807, 2.05) is 0 Å². The number of carboxylic acids is 4. The zero-order valence-corrected chi connectivity index (χ0v) is 12.3. The summed E-state index contributed by atoms with van der Waals surface area (Å²) in [6.45, 7) is -3.09. The maximum absolute atomic E-state index is 10.8. The average molecular weight is 336 g/mol. The van der Waals surface area contributed by atoms with E-state index >= 15 is 0 Å². The minimum atomic E-state index is -1.29. The molecule has 0 aromatic carbocycles. The van der Waals surface area contributed by atoms with E-state index in [2.05, 4.69) is 0 Å². The molecule has 0 amide bonds. The van der Waals surface area contributed by atoms with Crippen LogP contribution < -0.4 is 0 Å². The van der Waals surface area contributed by atoms with E-state index < -0.39 is 62.7 Å². The first-order chi connectivity index (χ1) is 10.6. The molecular formula is C12H20N2O9. The lowest BCUT2D eigenvalue weighted by Gasteiger charge is -2.32.